The number of rotatable bonds is 4. The molecule has 132 valence electrons. The van der Waals surface area contributed by atoms with E-state index < -0.39 is 0 Å². The lowest BCUT2D eigenvalue weighted by atomic mass is 9.67. The Labute approximate surface area is 146 Å². The van der Waals surface area contributed by atoms with Gasteiger partial charge in [-0.25, -0.2) is 4.79 Å². The molecule has 0 radical (unpaired) electrons. The van der Waals surface area contributed by atoms with Gasteiger partial charge in [0.1, 0.15) is 0 Å². The SMILES string of the molecule is COC(=O)/C=C(C)/C=C\C=C(/C)[C@H]1C=C2C(C)(C)CCC[C@@]2(C)O1. The molecule has 1 fully saturated rings. The van der Waals surface area contributed by atoms with Crippen molar-refractivity contribution in [3.05, 3.63) is 47.1 Å². The zero-order valence-electron chi connectivity index (χ0n) is 15.8. The smallest absolute Gasteiger partial charge is 0.330 e. The van der Waals surface area contributed by atoms with E-state index in [1.807, 2.05) is 19.1 Å². The van der Waals surface area contributed by atoms with Gasteiger partial charge in [-0.05, 0) is 68.2 Å². The summed E-state index contributed by atoms with van der Waals surface area (Å²) in [5, 5.41) is 0. The molecule has 0 saturated heterocycles. The summed E-state index contributed by atoms with van der Waals surface area (Å²) in [4.78, 5) is 11.2. The Kier molecular flexibility index (Phi) is 5.54. The zero-order chi connectivity index (χ0) is 18.0. The van der Waals surface area contributed by atoms with Gasteiger partial charge in [0.25, 0.3) is 0 Å². The highest BCUT2D eigenvalue weighted by atomic mass is 16.5. The van der Waals surface area contributed by atoms with Crippen LogP contribution in [0, 0.1) is 5.41 Å². The summed E-state index contributed by atoms with van der Waals surface area (Å²) >= 11 is 0. The van der Waals surface area contributed by atoms with Crippen molar-refractivity contribution >= 4 is 5.97 Å². The van der Waals surface area contributed by atoms with Crippen LogP contribution in [0.1, 0.15) is 53.9 Å². The number of hydrogen-bond acceptors (Lipinski definition) is 3. The van der Waals surface area contributed by atoms with Crippen LogP contribution in [0.2, 0.25) is 0 Å². The highest BCUT2D eigenvalue weighted by molar-refractivity contribution is 5.83. The number of esters is 1. The Morgan fingerprint density at radius 3 is 2.62 bits per heavy atom. The lowest BCUT2D eigenvalue weighted by Gasteiger charge is -2.42. The van der Waals surface area contributed by atoms with Gasteiger partial charge in [0.05, 0.1) is 18.8 Å². The van der Waals surface area contributed by atoms with Crippen molar-refractivity contribution < 1.29 is 14.3 Å². The van der Waals surface area contributed by atoms with Crippen molar-refractivity contribution in [2.75, 3.05) is 7.11 Å². The molecular formula is C21H30O3. The first-order chi connectivity index (χ1) is 11.2. The largest absolute Gasteiger partial charge is 0.466 e. The first kappa shape index (κ1) is 18.7. The van der Waals surface area contributed by atoms with E-state index >= 15 is 0 Å². The van der Waals surface area contributed by atoms with Crippen LogP contribution in [0.3, 0.4) is 0 Å². The molecule has 1 aliphatic carbocycles. The van der Waals surface area contributed by atoms with Crippen LogP contribution < -0.4 is 0 Å². The average Bonchev–Trinajstić information content (AvgIpc) is 2.86. The summed E-state index contributed by atoms with van der Waals surface area (Å²) in [6.07, 6.45) is 13.3. The van der Waals surface area contributed by atoms with Crippen LogP contribution >= 0.6 is 0 Å². The second-order valence-electron chi connectivity index (χ2n) is 7.77. The zero-order valence-corrected chi connectivity index (χ0v) is 15.8. The van der Waals surface area contributed by atoms with Crippen LogP contribution in [0.25, 0.3) is 0 Å². The highest BCUT2D eigenvalue weighted by Crippen LogP contribution is 2.51. The Morgan fingerprint density at radius 1 is 1.29 bits per heavy atom. The Morgan fingerprint density at radius 2 is 2.00 bits per heavy atom. The monoisotopic (exact) mass is 330 g/mol. The fraction of sp³-hybridized carbons (Fsp3) is 0.571. The number of fused-ring (bicyclic) bond motifs is 1. The second kappa shape index (κ2) is 7.10. The Bertz CT molecular complexity index is 619. The number of ether oxygens (including phenoxy) is 2. The van der Waals surface area contributed by atoms with Crippen LogP contribution in [0.4, 0.5) is 0 Å². The molecule has 0 unspecified atom stereocenters. The Hall–Kier alpha value is -1.61. The fourth-order valence-electron chi connectivity index (χ4n) is 3.81. The first-order valence-electron chi connectivity index (χ1n) is 8.70. The minimum absolute atomic E-state index is 0.0388. The van der Waals surface area contributed by atoms with E-state index in [1.54, 1.807) is 0 Å². The Balaban J connectivity index is 2.11. The molecule has 0 N–H and O–H groups in total. The molecular weight excluding hydrogens is 300 g/mol. The molecule has 1 heterocycles. The van der Waals surface area contributed by atoms with Crippen molar-refractivity contribution in [2.24, 2.45) is 5.41 Å². The molecule has 0 amide bonds. The van der Waals surface area contributed by atoms with E-state index in [9.17, 15) is 4.79 Å². The molecule has 1 aliphatic heterocycles. The fourth-order valence-corrected chi connectivity index (χ4v) is 3.81. The number of methoxy groups -OCH3 is 1. The minimum atomic E-state index is -0.332. The maximum absolute atomic E-state index is 11.2. The van der Waals surface area contributed by atoms with Gasteiger partial charge in [0.15, 0.2) is 0 Å². The van der Waals surface area contributed by atoms with Crippen LogP contribution in [0.15, 0.2) is 47.1 Å². The number of carbonyl (C=O) groups is 1. The molecule has 0 spiro atoms. The summed E-state index contributed by atoms with van der Waals surface area (Å²) in [6.45, 7) is 10.8. The summed E-state index contributed by atoms with van der Waals surface area (Å²) in [5.41, 5.74) is 3.59. The highest BCUT2D eigenvalue weighted by Gasteiger charge is 2.47. The minimum Gasteiger partial charge on any atom is -0.466 e. The molecule has 0 aromatic heterocycles. The van der Waals surface area contributed by atoms with Gasteiger partial charge in [-0.3, -0.25) is 0 Å². The maximum Gasteiger partial charge on any atom is 0.330 e. The predicted octanol–water partition coefficient (Wildman–Crippen LogP) is 4.90. The number of allylic oxidation sites excluding steroid dienone is 4. The summed E-state index contributed by atoms with van der Waals surface area (Å²) < 4.78 is 11.0. The topological polar surface area (TPSA) is 35.5 Å². The van der Waals surface area contributed by atoms with Crippen molar-refractivity contribution in [3.8, 4) is 0 Å². The molecule has 0 aromatic rings. The molecule has 0 aromatic carbocycles. The molecule has 24 heavy (non-hydrogen) atoms. The third-order valence-electron chi connectivity index (χ3n) is 5.17. The summed E-state index contributed by atoms with van der Waals surface area (Å²) in [6, 6.07) is 0. The van der Waals surface area contributed by atoms with E-state index in [4.69, 9.17) is 4.74 Å². The van der Waals surface area contributed by atoms with Gasteiger partial charge in [-0.15, -0.1) is 0 Å². The van der Waals surface area contributed by atoms with Gasteiger partial charge in [0.2, 0.25) is 0 Å². The second-order valence-corrected chi connectivity index (χ2v) is 7.77. The van der Waals surface area contributed by atoms with Crippen LogP contribution in [0.5, 0.6) is 0 Å². The lowest BCUT2D eigenvalue weighted by Crippen LogP contribution is -2.39. The van der Waals surface area contributed by atoms with Crippen molar-refractivity contribution in [3.63, 3.8) is 0 Å². The molecule has 3 heteroatoms. The van der Waals surface area contributed by atoms with Gasteiger partial charge in [-0.2, -0.15) is 0 Å². The third-order valence-corrected chi connectivity index (χ3v) is 5.17. The first-order valence-corrected chi connectivity index (χ1v) is 8.70. The predicted molar refractivity (Wildman–Crippen MR) is 97.7 cm³/mol. The number of hydrogen-bond donors (Lipinski definition) is 0. The van der Waals surface area contributed by atoms with Crippen LogP contribution in [-0.2, 0) is 14.3 Å². The van der Waals surface area contributed by atoms with Gasteiger partial charge in [-0.1, -0.05) is 32.1 Å². The number of carbonyl (C=O) groups excluding carboxylic acids is 1. The molecule has 3 nitrogen and oxygen atoms in total. The molecule has 2 aliphatic rings. The van der Waals surface area contributed by atoms with E-state index in [0.29, 0.717) is 0 Å². The summed E-state index contributed by atoms with van der Waals surface area (Å²) in [7, 11) is 1.38. The van der Waals surface area contributed by atoms with Crippen LogP contribution in [-0.4, -0.2) is 24.8 Å². The standard InChI is InChI=1S/C21H30O3/c1-15(13-19(22)23-6)9-7-10-16(2)17-14-18-20(3,4)11-8-12-21(18,5)24-17/h7,9-10,13-14,17H,8,11-12H2,1-6H3/b9-7-,15-13+,16-10+/t17-,21-/m1/s1. The maximum atomic E-state index is 11.2. The van der Waals surface area contributed by atoms with Gasteiger partial charge in [0, 0.05) is 6.08 Å². The molecule has 2 rings (SSSR count). The molecule has 2 atom stereocenters. The van der Waals surface area contributed by atoms with Gasteiger partial charge < -0.3 is 9.47 Å². The van der Waals surface area contributed by atoms with E-state index in [2.05, 4.69) is 44.6 Å². The summed E-state index contributed by atoms with van der Waals surface area (Å²) in [5.74, 6) is -0.332. The lowest BCUT2D eigenvalue weighted by molar-refractivity contribution is -0.134. The third kappa shape index (κ3) is 4.07. The molecule has 0 bridgehead atoms. The molecule has 1 saturated carbocycles. The van der Waals surface area contributed by atoms with Crippen molar-refractivity contribution in [1.82, 2.24) is 0 Å². The average molecular weight is 330 g/mol. The quantitative estimate of drug-likeness (QED) is 0.318. The van der Waals surface area contributed by atoms with E-state index in [1.165, 1.54) is 37.2 Å². The van der Waals surface area contributed by atoms with E-state index in [0.717, 1.165) is 12.0 Å². The van der Waals surface area contributed by atoms with Gasteiger partial charge >= 0.3 is 5.97 Å². The van der Waals surface area contributed by atoms with Crippen molar-refractivity contribution in [2.45, 2.75) is 65.6 Å². The normalized spacial score (nSPS) is 30.2. The van der Waals surface area contributed by atoms with Crippen molar-refractivity contribution in [1.29, 1.82) is 0 Å². The van der Waals surface area contributed by atoms with E-state index in [-0.39, 0.29) is 23.1 Å².